The number of rotatable bonds is 2. The van der Waals surface area contributed by atoms with E-state index < -0.39 is 6.04 Å². The van der Waals surface area contributed by atoms with Gasteiger partial charge in [0.2, 0.25) is 0 Å². The molecule has 1 aliphatic rings. The van der Waals surface area contributed by atoms with E-state index in [1.165, 1.54) is 6.07 Å². The minimum Gasteiger partial charge on any atom is -0.356 e. The van der Waals surface area contributed by atoms with Gasteiger partial charge < -0.3 is 15.2 Å². The first-order valence-electron chi connectivity index (χ1n) is 10.2. The fourth-order valence-corrected chi connectivity index (χ4v) is 4.64. The van der Waals surface area contributed by atoms with Gasteiger partial charge in [0.15, 0.2) is 0 Å². The molecule has 4 aromatic rings. The number of carbonyl (C=O) groups excluding carboxylic acids is 1. The number of para-hydroxylation sites is 1. The van der Waals surface area contributed by atoms with Crippen LogP contribution in [0.3, 0.4) is 0 Å². The zero-order valence-electron chi connectivity index (χ0n) is 17.0. The standard InChI is InChI=1S/C25H21BrFN3O/c1-15-14-16(10-11-20(15)26)28-25(31)30-13-12-18-17-6-3-5-9-22(17)29-23(18)24(30)19-7-2-4-8-21(19)27/h2-11,14,24,29H,12-13H2,1H3,(H,28,31)/t24-/m1/s1. The lowest BCUT2D eigenvalue weighted by Gasteiger charge is -2.36. The van der Waals surface area contributed by atoms with E-state index in [2.05, 4.69) is 32.3 Å². The molecule has 2 amide bonds. The Morgan fingerprint density at radius 3 is 2.71 bits per heavy atom. The number of H-pyrrole nitrogens is 1. The quantitative estimate of drug-likeness (QED) is 0.337. The van der Waals surface area contributed by atoms with Crippen molar-refractivity contribution in [1.29, 1.82) is 0 Å². The van der Waals surface area contributed by atoms with E-state index in [1.54, 1.807) is 17.0 Å². The summed E-state index contributed by atoms with van der Waals surface area (Å²) in [7, 11) is 0. The second-order valence-corrected chi connectivity index (χ2v) is 8.68. The van der Waals surface area contributed by atoms with Crippen molar-refractivity contribution < 1.29 is 9.18 Å². The number of nitrogens with one attached hydrogen (secondary N) is 2. The molecule has 6 heteroatoms. The molecule has 0 aliphatic carbocycles. The van der Waals surface area contributed by atoms with E-state index in [1.807, 2.05) is 49.4 Å². The fourth-order valence-electron chi connectivity index (χ4n) is 4.40. The number of aryl methyl sites for hydroxylation is 1. The fraction of sp³-hybridized carbons (Fsp3) is 0.160. The monoisotopic (exact) mass is 477 g/mol. The smallest absolute Gasteiger partial charge is 0.322 e. The molecular formula is C25H21BrFN3O. The lowest BCUT2D eigenvalue weighted by molar-refractivity contribution is 0.192. The molecule has 0 unspecified atom stereocenters. The molecule has 0 radical (unpaired) electrons. The number of anilines is 1. The second-order valence-electron chi connectivity index (χ2n) is 7.82. The van der Waals surface area contributed by atoms with E-state index in [9.17, 15) is 9.18 Å². The summed E-state index contributed by atoms with van der Waals surface area (Å²) in [6.45, 7) is 2.47. The third-order valence-electron chi connectivity index (χ3n) is 5.90. The minimum absolute atomic E-state index is 0.251. The first-order valence-corrected chi connectivity index (χ1v) is 11.0. The van der Waals surface area contributed by atoms with Crippen molar-refractivity contribution >= 4 is 38.6 Å². The Kier molecular flexibility index (Phi) is 5.02. The van der Waals surface area contributed by atoms with Gasteiger partial charge in [-0.25, -0.2) is 9.18 Å². The second kappa shape index (κ2) is 7.85. The lowest BCUT2D eigenvalue weighted by Crippen LogP contribution is -2.43. The van der Waals surface area contributed by atoms with Crippen LogP contribution in [0.15, 0.2) is 71.2 Å². The molecule has 0 saturated heterocycles. The minimum atomic E-state index is -0.533. The van der Waals surface area contributed by atoms with Crippen molar-refractivity contribution in [2.75, 3.05) is 11.9 Å². The first kappa shape index (κ1) is 19.8. The van der Waals surface area contributed by atoms with E-state index in [-0.39, 0.29) is 11.8 Å². The van der Waals surface area contributed by atoms with E-state index in [0.717, 1.165) is 32.2 Å². The largest absolute Gasteiger partial charge is 0.356 e. The van der Waals surface area contributed by atoms with Gasteiger partial charge in [-0.05, 0) is 54.8 Å². The highest BCUT2D eigenvalue weighted by molar-refractivity contribution is 9.10. The summed E-state index contributed by atoms with van der Waals surface area (Å²) in [6, 6.07) is 19.6. The summed E-state index contributed by atoms with van der Waals surface area (Å²) in [5.41, 5.74) is 5.24. The molecule has 2 heterocycles. The Morgan fingerprint density at radius 1 is 1.13 bits per heavy atom. The van der Waals surface area contributed by atoms with Crippen LogP contribution in [0.25, 0.3) is 10.9 Å². The van der Waals surface area contributed by atoms with Gasteiger partial charge in [-0.1, -0.05) is 52.3 Å². The average Bonchev–Trinajstić information content (AvgIpc) is 3.15. The Bertz CT molecular complexity index is 1300. The van der Waals surface area contributed by atoms with Crippen LogP contribution in [0, 0.1) is 12.7 Å². The van der Waals surface area contributed by atoms with Gasteiger partial charge in [0.25, 0.3) is 0 Å². The zero-order chi connectivity index (χ0) is 21.5. The van der Waals surface area contributed by atoms with Gasteiger partial charge in [-0.2, -0.15) is 0 Å². The van der Waals surface area contributed by atoms with Crippen LogP contribution in [-0.4, -0.2) is 22.5 Å². The topological polar surface area (TPSA) is 48.1 Å². The van der Waals surface area contributed by atoms with Crippen molar-refractivity contribution in [2.45, 2.75) is 19.4 Å². The van der Waals surface area contributed by atoms with Crippen molar-refractivity contribution in [3.8, 4) is 0 Å². The molecule has 4 nitrogen and oxygen atoms in total. The maximum atomic E-state index is 14.9. The summed E-state index contributed by atoms with van der Waals surface area (Å²) in [6.07, 6.45) is 0.705. The number of aromatic nitrogens is 1. The van der Waals surface area contributed by atoms with Gasteiger partial charge in [0, 0.05) is 38.9 Å². The molecule has 1 aromatic heterocycles. The number of aromatic amines is 1. The van der Waals surface area contributed by atoms with Crippen molar-refractivity contribution in [3.05, 3.63) is 99.4 Å². The number of hydrogen-bond acceptors (Lipinski definition) is 1. The third-order valence-corrected chi connectivity index (χ3v) is 6.79. The number of fused-ring (bicyclic) bond motifs is 3. The van der Waals surface area contributed by atoms with E-state index in [4.69, 9.17) is 0 Å². The third kappa shape index (κ3) is 3.51. The average molecular weight is 478 g/mol. The number of amides is 2. The molecule has 0 spiro atoms. The number of halogens is 2. The number of urea groups is 1. The molecule has 1 atom stereocenters. The van der Waals surface area contributed by atoms with Crippen LogP contribution in [0.4, 0.5) is 14.9 Å². The normalized spacial score (nSPS) is 15.7. The van der Waals surface area contributed by atoms with Crippen LogP contribution in [0.1, 0.15) is 28.4 Å². The molecule has 5 rings (SSSR count). The highest BCUT2D eigenvalue weighted by Crippen LogP contribution is 2.39. The number of carbonyl (C=O) groups is 1. The van der Waals surface area contributed by atoms with E-state index >= 15 is 0 Å². The number of benzene rings is 3. The predicted octanol–water partition coefficient (Wildman–Crippen LogP) is 6.56. The van der Waals surface area contributed by atoms with Crippen LogP contribution in [0.5, 0.6) is 0 Å². The summed E-state index contributed by atoms with van der Waals surface area (Å²) in [4.78, 5) is 18.5. The Labute approximate surface area is 188 Å². The van der Waals surface area contributed by atoms with Crippen LogP contribution >= 0.6 is 15.9 Å². The predicted molar refractivity (Wildman–Crippen MR) is 125 cm³/mol. The number of nitrogens with zero attached hydrogens (tertiary/aromatic N) is 1. The Hall–Kier alpha value is -3.12. The van der Waals surface area contributed by atoms with Gasteiger partial charge >= 0.3 is 6.03 Å². The molecule has 31 heavy (non-hydrogen) atoms. The summed E-state index contributed by atoms with van der Waals surface area (Å²) < 4.78 is 15.9. The van der Waals surface area contributed by atoms with Crippen molar-refractivity contribution in [3.63, 3.8) is 0 Å². The maximum Gasteiger partial charge on any atom is 0.322 e. The van der Waals surface area contributed by atoms with Gasteiger partial charge in [0.1, 0.15) is 11.9 Å². The zero-order valence-corrected chi connectivity index (χ0v) is 18.5. The van der Waals surface area contributed by atoms with Gasteiger partial charge in [0.05, 0.1) is 0 Å². The molecular weight excluding hydrogens is 457 g/mol. The molecule has 3 aromatic carbocycles. The summed E-state index contributed by atoms with van der Waals surface area (Å²) in [5, 5.41) is 4.12. The van der Waals surface area contributed by atoms with Gasteiger partial charge in [-0.15, -0.1) is 0 Å². The van der Waals surface area contributed by atoms with Crippen LogP contribution < -0.4 is 5.32 Å². The molecule has 2 N–H and O–H groups in total. The highest BCUT2D eigenvalue weighted by atomic mass is 79.9. The highest BCUT2D eigenvalue weighted by Gasteiger charge is 2.36. The lowest BCUT2D eigenvalue weighted by atomic mass is 9.92. The van der Waals surface area contributed by atoms with Crippen LogP contribution in [-0.2, 0) is 6.42 Å². The molecule has 0 fully saturated rings. The molecule has 0 bridgehead atoms. The van der Waals surface area contributed by atoms with Gasteiger partial charge in [-0.3, -0.25) is 0 Å². The van der Waals surface area contributed by atoms with Crippen LogP contribution in [0.2, 0.25) is 0 Å². The molecule has 1 aliphatic heterocycles. The Balaban J connectivity index is 1.58. The summed E-state index contributed by atoms with van der Waals surface area (Å²) in [5.74, 6) is -0.323. The first-order chi connectivity index (χ1) is 15.0. The van der Waals surface area contributed by atoms with E-state index in [0.29, 0.717) is 24.2 Å². The molecule has 0 saturated carbocycles. The van der Waals surface area contributed by atoms with Crippen molar-refractivity contribution in [2.24, 2.45) is 0 Å². The maximum absolute atomic E-state index is 14.9. The van der Waals surface area contributed by atoms with Crippen molar-refractivity contribution in [1.82, 2.24) is 9.88 Å². The number of hydrogen-bond donors (Lipinski definition) is 2. The SMILES string of the molecule is Cc1cc(NC(=O)N2CCc3c([nH]c4ccccc34)[C@H]2c2ccccc2F)ccc1Br. The Morgan fingerprint density at radius 2 is 1.90 bits per heavy atom. The molecule has 156 valence electrons. The summed E-state index contributed by atoms with van der Waals surface area (Å²) >= 11 is 3.49.